The highest BCUT2D eigenvalue weighted by molar-refractivity contribution is 5.87. The van der Waals surface area contributed by atoms with Crippen LogP contribution in [0.4, 0.5) is 5.82 Å². The monoisotopic (exact) mass is 275 g/mol. The van der Waals surface area contributed by atoms with Gasteiger partial charge in [-0.1, -0.05) is 0 Å². The minimum absolute atomic E-state index is 0.211. The van der Waals surface area contributed by atoms with E-state index in [0.717, 1.165) is 42.2 Å². The molecule has 6 heteroatoms. The number of hydrogen-bond donors (Lipinski definition) is 0. The van der Waals surface area contributed by atoms with E-state index in [-0.39, 0.29) is 12.2 Å². The lowest BCUT2D eigenvalue weighted by Gasteiger charge is -2.36. The van der Waals surface area contributed by atoms with Crippen molar-refractivity contribution in [2.45, 2.75) is 46.4 Å². The van der Waals surface area contributed by atoms with Gasteiger partial charge in [0.1, 0.15) is 17.4 Å². The van der Waals surface area contributed by atoms with Crippen LogP contribution in [0.15, 0.2) is 6.33 Å². The third kappa shape index (κ3) is 2.14. The van der Waals surface area contributed by atoms with E-state index >= 15 is 0 Å². The minimum Gasteiger partial charge on any atom is -0.372 e. The molecule has 2 unspecified atom stereocenters. The van der Waals surface area contributed by atoms with Crippen molar-refractivity contribution in [3.05, 3.63) is 12.0 Å². The molecule has 108 valence electrons. The maximum Gasteiger partial charge on any atom is 0.158 e. The molecule has 0 amide bonds. The maximum atomic E-state index is 5.80. The summed E-state index contributed by atoms with van der Waals surface area (Å²) in [4.78, 5) is 11.2. The molecule has 0 spiro atoms. The first-order valence-electron chi connectivity index (χ1n) is 7.18. The summed E-state index contributed by atoms with van der Waals surface area (Å²) in [5.74, 6) is 0.972. The van der Waals surface area contributed by atoms with E-state index in [1.165, 1.54) is 0 Å². The van der Waals surface area contributed by atoms with Crippen LogP contribution in [0.1, 0.15) is 26.5 Å². The average molecular weight is 275 g/mol. The van der Waals surface area contributed by atoms with Crippen molar-refractivity contribution in [2.24, 2.45) is 0 Å². The highest BCUT2D eigenvalue weighted by atomic mass is 16.5. The molecule has 0 N–H and O–H groups in total. The third-order valence-electron chi connectivity index (χ3n) is 3.69. The number of aryl methyl sites for hydroxylation is 2. The Bertz CT molecular complexity index is 613. The van der Waals surface area contributed by atoms with Gasteiger partial charge in [-0.25, -0.2) is 9.97 Å². The van der Waals surface area contributed by atoms with Crippen LogP contribution in [0.5, 0.6) is 0 Å². The summed E-state index contributed by atoms with van der Waals surface area (Å²) in [6.07, 6.45) is 2.06. The van der Waals surface area contributed by atoms with Crippen LogP contribution < -0.4 is 4.90 Å². The van der Waals surface area contributed by atoms with Crippen LogP contribution >= 0.6 is 0 Å². The van der Waals surface area contributed by atoms with Crippen molar-refractivity contribution < 1.29 is 4.74 Å². The normalized spacial score (nSPS) is 23.5. The van der Waals surface area contributed by atoms with E-state index < -0.39 is 0 Å². The molecule has 0 bridgehead atoms. The summed E-state index contributed by atoms with van der Waals surface area (Å²) in [5, 5.41) is 4.56. The van der Waals surface area contributed by atoms with Gasteiger partial charge in [-0.3, -0.25) is 4.68 Å². The van der Waals surface area contributed by atoms with E-state index in [9.17, 15) is 0 Å². The summed E-state index contributed by atoms with van der Waals surface area (Å²) in [6.45, 7) is 10.8. The molecule has 2 aromatic rings. The molecule has 0 aliphatic carbocycles. The Balaban J connectivity index is 2.11. The van der Waals surface area contributed by atoms with Crippen LogP contribution in [0.3, 0.4) is 0 Å². The second-order valence-corrected chi connectivity index (χ2v) is 5.46. The molecule has 6 nitrogen and oxygen atoms in total. The van der Waals surface area contributed by atoms with Crippen molar-refractivity contribution in [3.8, 4) is 0 Å². The Morgan fingerprint density at radius 2 is 1.95 bits per heavy atom. The summed E-state index contributed by atoms with van der Waals surface area (Å²) in [5.41, 5.74) is 2.94. The van der Waals surface area contributed by atoms with Crippen molar-refractivity contribution in [1.29, 1.82) is 0 Å². The third-order valence-corrected chi connectivity index (χ3v) is 3.69. The first-order valence-corrected chi connectivity index (χ1v) is 7.18. The van der Waals surface area contributed by atoms with Crippen molar-refractivity contribution in [1.82, 2.24) is 19.7 Å². The van der Waals surface area contributed by atoms with Crippen molar-refractivity contribution in [2.75, 3.05) is 18.0 Å². The molecule has 0 aromatic carbocycles. The van der Waals surface area contributed by atoms with E-state index in [1.807, 2.05) is 11.6 Å². The Morgan fingerprint density at radius 1 is 1.25 bits per heavy atom. The summed E-state index contributed by atoms with van der Waals surface area (Å²) >= 11 is 0. The van der Waals surface area contributed by atoms with Gasteiger partial charge in [0.05, 0.1) is 17.9 Å². The highest BCUT2D eigenvalue weighted by Gasteiger charge is 2.26. The van der Waals surface area contributed by atoms with E-state index in [0.29, 0.717) is 0 Å². The molecule has 1 aliphatic rings. The molecule has 20 heavy (non-hydrogen) atoms. The fraction of sp³-hybridized carbons (Fsp3) is 0.643. The van der Waals surface area contributed by atoms with E-state index in [1.54, 1.807) is 6.33 Å². The molecule has 2 aromatic heterocycles. The molecule has 1 aliphatic heterocycles. The number of fused-ring (bicyclic) bond motifs is 1. The lowest BCUT2D eigenvalue weighted by atomic mass is 10.2. The largest absolute Gasteiger partial charge is 0.372 e. The van der Waals surface area contributed by atoms with Crippen LogP contribution in [0.2, 0.25) is 0 Å². The molecular formula is C14H21N5O. The SMILES string of the molecule is CCn1nc(C)c2ncnc(N3CC(C)OC(C)C3)c21. The van der Waals surface area contributed by atoms with Crippen LogP contribution in [-0.4, -0.2) is 45.0 Å². The predicted octanol–water partition coefficient (Wildman–Crippen LogP) is 1.77. The van der Waals surface area contributed by atoms with Crippen LogP contribution in [0, 0.1) is 6.92 Å². The van der Waals surface area contributed by atoms with Gasteiger partial charge in [0.25, 0.3) is 0 Å². The van der Waals surface area contributed by atoms with Crippen LogP contribution in [0.25, 0.3) is 11.0 Å². The van der Waals surface area contributed by atoms with Gasteiger partial charge in [-0.05, 0) is 27.7 Å². The fourth-order valence-electron chi connectivity index (χ4n) is 2.96. The van der Waals surface area contributed by atoms with Gasteiger partial charge < -0.3 is 9.64 Å². The van der Waals surface area contributed by atoms with E-state index in [2.05, 4.69) is 40.7 Å². The topological polar surface area (TPSA) is 56.1 Å². The highest BCUT2D eigenvalue weighted by Crippen LogP contribution is 2.27. The average Bonchev–Trinajstić information content (AvgIpc) is 2.74. The number of anilines is 1. The molecular weight excluding hydrogens is 254 g/mol. The Morgan fingerprint density at radius 3 is 2.60 bits per heavy atom. The lowest BCUT2D eigenvalue weighted by Crippen LogP contribution is -2.46. The van der Waals surface area contributed by atoms with Crippen molar-refractivity contribution >= 4 is 16.9 Å². The zero-order valence-corrected chi connectivity index (χ0v) is 12.5. The molecule has 1 saturated heterocycles. The maximum absolute atomic E-state index is 5.80. The van der Waals surface area contributed by atoms with Crippen LogP contribution in [-0.2, 0) is 11.3 Å². The van der Waals surface area contributed by atoms with Gasteiger partial charge in [0.15, 0.2) is 5.82 Å². The molecule has 3 rings (SSSR count). The Hall–Kier alpha value is -1.69. The smallest absolute Gasteiger partial charge is 0.158 e. The molecule has 1 fully saturated rings. The molecule has 2 atom stereocenters. The van der Waals surface area contributed by atoms with Gasteiger partial charge in [-0.2, -0.15) is 5.10 Å². The molecule has 3 heterocycles. The molecule has 0 saturated carbocycles. The molecule has 0 radical (unpaired) electrons. The Labute approximate surface area is 118 Å². The van der Waals surface area contributed by atoms with Gasteiger partial charge in [0.2, 0.25) is 0 Å². The Kier molecular flexibility index (Phi) is 3.33. The van der Waals surface area contributed by atoms with E-state index in [4.69, 9.17) is 4.74 Å². The van der Waals surface area contributed by atoms with Gasteiger partial charge >= 0.3 is 0 Å². The second kappa shape index (κ2) is 5.01. The zero-order chi connectivity index (χ0) is 14.3. The number of ether oxygens (including phenoxy) is 1. The number of morpholine rings is 1. The first kappa shape index (κ1) is 13.3. The lowest BCUT2D eigenvalue weighted by molar-refractivity contribution is -0.00539. The van der Waals surface area contributed by atoms with Crippen molar-refractivity contribution in [3.63, 3.8) is 0 Å². The summed E-state index contributed by atoms with van der Waals surface area (Å²) in [6, 6.07) is 0. The number of aromatic nitrogens is 4. The quantitative estimate of drug-likeness (QED) is 0.836. The standard InChI is InChI=1S/C14H21N5O/c1-5-19-13-12(11(4)17-19)15-8-16-14(13)18-6-9(2)20-10(3)7-18/h8-10H,5-7H2,1-4H3. The summed E-state index contributed by atoms with van der Waals surface area (Å²) < 4.78 is 7.80. The fourth-order valence-corrected chi connectivity index (χ4v) is 2.96. The minimum atomic E-state index is 0.211. The first-order chi connectivity index (χ1) is 9.60. The number of hydrogen-bond acceptors (Lipinski definition) is 5. The summed E-state index contributed by atoms with van der Waals surface area (Å²) in [7, 11) is 0. The van der Waals surface area contributed by atoms with Gasteiger partial charge in [-0.15, -0.1) is 0 Å². The predicted molar refractivity (Wildman–Crippen MR) is 78.0 cm³/mol. The second-order valence-electron chi connectivity index (χ2n) is 5.46. The van der Waals surface area contributed by atoms with Gasteiger partial charge in [0, 0.05) is 19.6 Å². The number of nitrogens with zero attached hydrogens (tertiary/aromatic N) is 5. The zero-order valence-electron chi connectivity index (χ0n) is 12.5. The number of rotatable bonds is 2.